The number of nitrogens with one attached hydrogen (secondary N) is 2. The number of hydrogen-bond acceptors (Lipinski definition) is 4. The number of amides is 2. The van der Waals surface area contributed by atoms with Crippen LogP contribution in [0.25, 0.3) is 0 Å². The van der Waals surface area contributed by atoms with Crippen molar-refractivity contribution in [2.45, 2.75) is 33.3 Å². The number of carbonyl (C=O) groups is 2. The van der Waals surface area contributed by atoms with E-state index in [1.165, 1.54) is 7.11 Å². The highest BCUT2D eigenvalue weighted by Crippen LogP contribution is 2.28. The molecular formula is C16H24N2O4. The number of ether oxygens (including phenoxy) is 2. The van der Waals surface area contributed by atoms with E-state index in [2.05, 4.69) is 10.6 Å². The van der Waals surface area contributed by atoms with E-state index in [0.717, 1.165) is 6.42 Å². The van der Waals surface area contributed by atoms with Crippen LogP contribution < -0.4 is 20.1 Å². The monoisotopic (exact) mass is 308 g/mol. The van der Waals surface area contributed by atoms with Crippen molar-refractivity contribution >= 4 is 11.8 Å². The van der Waals surface area contributed by atoms with Crippen LogP contribution in [0, 0.1) is 0 Å². The summed E-state index contributed by atoms with van der Waals surface area (Å²) in [7, 11) is 1.52. The fourth-order valence-corrected chi connectivity index (χ4v) is 1.75. The lowest BCUT2D eigenvalue weighted by atomic mass is 10.2. The number of carbonyl (C=O) groups excluding carboxylic acids is 2. The van der Waals surface area contributed by atoms with Crippen molar-refractivity contribution in [2.75, 3.05) is 20.2 Å². The van der Waals surface area contributed by atoms with Gasteiger partial charge in [-0.15, -0.1) is 0 Å². The number of hydrogen-bond donors (Lipinski definition) is 2. The summed E-state index contributed by atoms with van der Waals surface area (Å²) in [5, 5.41) is 5.27. The minimum atomic E-state index is -0.332. The van der Waals surface area contributed by atoms with Crippen molar-refractivity contribution in [3.63, 3.8) is 0 Å². The van der Waals surface area contributed by atoms with Crippen molar-refractivity contribution in [2.24, 2.45) is 0 Å². The third-order valence-corrected chi connectivity index (χ3v) is 2.77. The molecule has 1 aromatic carbocycles. The van der Waals surface area contributed by atoms with Gasteiger partial charge in [-0.2, -0.15) is 0 Å². The van der Waals surface area contributed by atoms with Crippen LogP contribution in [0.15, 0.2) is 18.2 Å². The largest absolute Gasteiger partial charge is 0.493 e. The third-order valence-electron chi connectivity index (χ3n) is 2.77. The molecule has 0 saturated heterocycles. The van der Waals surface area contributed by atoms with E-state index < -0.39 is 0 Å². The van der Waals surface area contributed by atoms with Crippen LogP contribution >= 0.6 is 0 Å². The van der Waals surface area contributed by atoms with Gasteiger partial charge >= 0.3 is 0 Å². The molecule has 0 saturated carbocycles. The van der Waals surface area contributed by atoms with E-state index in [1.54, 1.807) is 18.2 Å². The standard InChI is InChI=1S/C16H24N2O4/c1-5-8-17-15(19)10-18-16(20)12-6-7-13(22-11(2)3)14(9-12)21-4/h6-7,9,11H,5,8,10H2,1-4H3,(H,17,19)(H,18,20). The molecule has 2 N–H and O–H groups in total. The van der Waals surface area contributed by atoms with E-state index in [1.807, 2.05) is 20.8 Å². The Morgan fingerprint density at radius 2 is 1.91 bits per heavy atom. The summed E-state index contributed by atoms with van der Waals surface area (Å²) in [6.07, 6.45) is 0.865. The van der Waals surface area contributed by atoms with Gasteiger partial charge in [-0.05, 0) is 38.5 Å². The Morgan fingerprint density at radius 1 is 1.18 bits per heavy atom. The van der Waals surface area contributed by atoms with Gasteiger partial charge in [0.1, 0.15) is 0 Å². The Morgan fingerprint density at radius 3 is 2.50 bits per heavy atom. The lowest BCUT2D eigenvalue weighted by molar-refractivity contribution is -0.120. The topological polar surface area (TPSA) is 76.7 Å². The Kier molecular flexibility index (Phi) is 7.22. The predicted octanol–water partition coefficient (Wildman–Crippen LogP) is 1.74. The zero-order valence-corrected chi connectivity index (χ0v) is 13.6. The summed E-state index contributed by atoms with van der Waals surface area (Å²) in [5.74, 6) is 0.523. The molecule has 0 heterocycles. The second-order valence-corrected chi connectivity index (χ2v) is 5.06. The maximum atomic E-state index is 12.0. The van der Waals surface area contributed by atoms with Crippen molar-refractivity contribution in [3.05, 3.63) is 23.8 Å². The highest BCUT2D eigenvalue weighted by molar-refractivity contribution is 5.97. The Labute approximate surface area is 131 Å². The molecule has 2 amide bonds. The molecule has 22 heavy (non-hydrogen) atoms. The average molecular weight is 308 g/mol. The molecule has 0 fully saturated rings. The molecule has 122 valence electrons. The fraction of sp³-hybridized carbons (Fsp3) is 0.500. The summed E-state index contributed by atoms with van der Waals surface area (Å²) in [4.78, 5) is 23.5. The molecule has 0 unspecified atom stereocenters. The minimum Gasteiger partial charge on any atom is -0.493 e. The first-order valence-electron chi connectivity index (χ1n) is 7.37. The van der Waals surface area contributed by atoms with Gasteiger partial charge in [-0.3, -0.25) is 9.59 Å². The molecule has 0 aliphatic rings. The zero-order chi connectivity index (χ0) is 16.5. The first-order valence-corrected chi connectivity index (χ1v) is 7.37. The third kappa shape index (κ3) is 5.63. The average Bonchev–Trinajstić information content (AvgIpc) is 2.50. The molecule has 1 rings (SSSR count). The molecule has 0 bridgehead atoms. The fourth-order valence-electron chi connectivity index (χ4n) is 1.75. The molecule has 1 aromatic rings. The first-order chi connectivity index (χ1) is 10.5. The Bertz CT molecular complexity index is 515. The van der Waals surface area contributed by atoms with Crippen LogP contribution in [0.1, 0.15) is 37.6 Å². The van der Waals surface area contributed by atoms with Gasteiger partial charge in [0, 0.05) is 12.1 Å². The smallest absolute Gasteiger partial charge is 0.251 e. The van der Waals surface area contributed by atoms with Crippen molar-refractivity contribution in [3.8, 4) is 11.5 Å². The van der Waals surface area contributed by atoms with E-state index in [0.29, 0.717) is 23.6 Å². The van der Waals surface area contributed by atoms with Gasteiger partial charge in [0.2, 0.25) is 5.91 Å². The number of rotatable bonds is 8. The normalized spacial score (nSPS) is 10.2. The maximum Gasteiger partial charge on any atom is 0.251 e. The Balaban J connectivity index is 2.67. The van der Waals surface area contributed by atoms with Crippen LogP contribution in [-0.4, -0.2) is 38.1 Å². The molecule has 0 spiro atoms. The van der Waals surface area contributed by atoms with Crippen molar-refractivity contribution in [1.29, 1.82) is 0 Å². The Hall–Kier alpha value is -2.24. The molecule has 0 aliphatic carbocycles. The van der Waals surface area contributed by atoms with Gasteiger partial charge in [0.15, 0.2) is 11.5 Å². The lowest BCUT2D eigenvalue weighted by Crippen LogP contribution is -2.37. The first kappa shape index (κ1) is 17.8. The highest BCUT2D eigenvalue weighted by Gasteiger charge is 2.12. The second-order valence-electron chi connectivity index (χ2n) is 5.06. The van der Waals surface area contributed by atoms with Gasteiger partial charge in [-0.1, -0.05) is 6.92 Å². The maximum absolute atomic E-state index is 12.0. The van der Waals surface area contributed by atoms with Crippen molar-refractivity contribution < 1.29 is 19.1 Å². The summed E-state index contributed by atoms with van der Waals surface area (Å²) in [5.41, 5.74) is 0.413. The van der Waals surface area contributed by atoms with E-state index >= 15 is 0 Å². The number of methoxy groups -OCH3 is 1. The molecular weight excluding hydrogens is 284 g/mol. The van der Waals surface area contributed by atoms with Crippen molar-refractivity contribution in [1.82, 2.24) is 10.6 Å². The summed E-state index contributed by atoms with van der Waals surface area (Å²) in [6, 6.07) is 4.92. The van der Waals surface area contributed by atoms with Gasteiger partial charge in [-0.25, -0.2) is 0 Å². The SMILES string of the molecule is CCCNC(=O)CNC(=O)c1ccc(OC(C)C)c(OC)c1. The van der Waals surface area contributed by atoms with Crippen LogP contribution in [0.3, 0.4) is 0 Å². The van der Waals surface area contributed by atoms with E-state index in [9.17, 15) is 9.59 Å². The molecule has 0 atom stereocenters. The number of benzene rings is 1. The summed E-state index contributed by atoms with van der Waals surface area (Å²) in [6.45, 7) is 6.34. The molecule has 6 nitrogen and oxygen atoms in total. The zero-order valence-electron chi connectivity index (χ0n) is 13.6. The molecule has 0 aromatic heterocycles. The highest BCUT2D eigenvalue weighted by atomic mass is 16.5. The molecule has 0 aliphatic heterocycles. The van der Waals surface area contributed by atoms with Crippen LogP contribution in [-0.2, 0) is 4.79 Å². The molecule has 0 radical (unpaired) electrons. The van der Waals surface area contributed by atoms with Crippen LogP contribution in [0.5, 0.6) is 11.5 Å². The van der Waals surface area contributed by atoms with Crippen LogP contribution in [0.2, 0.25) is 0 Å². The summed E-state index contributed by atoms with van der Waals surface area (Å²) >= 11 is 0. The minimum absolute atomic E-state index is 0.0100. The quantitative estimate of drug-likeness (QED) is 0.767. The van der Waals surface area contributed by atoms with E-state index in [-0.39, 0.29) is 24.5 Å². The predicted molar refractivity (Wildman–Crippen MR) is 84.4 cm³/mol. The van der Waals surface area contributed by atoms with Crippen LogP contribution in [0.4, 0.5) is 0 Å². The van der Waals surface area contributed by atoms with E-state index in [4.69, 9.17) is 9.47 Å². The van der Waals surface area contributed by atoms with Gasteiger partial charge in [0.05, 0.1) is 19.8 Å². The van der Waals surface area contributed by atoms with Gasteiger partial charge in [0.25, 0.3) is 5.91 Å². The second kappa shape index (κ2) is 8.92. The van der Waals surface area contributed by atoms with Gasteiger partial charge < -0.3 is 20.1 Å². The lowest BCUT2D eigenvalue weighted by Gasteiger charge is -2.14. The molecule has 6 heteroatoms. The summed E-state index contributed by atoms with van der Waals surface area (Å²) < 4.78 is 10.8.